The Hall–Kier alpha value is -0.810. The Morgan fingerprint density at radius 3 is 2.29 bits per heavy atom. The highest BCUT2D eigenvalue weighted by atomic mass is 35.5. The summed E-state index contributed by atoms with van der Waals surface area (Å²) >= 11 is 5.33. The molecule has 0 saturated heterocycles. The number of aliphatic hydroxyl groups is 1. The van der Waals surface area contributed by atoms with Gasteiger partial charge in [0.25, 0.3) is 0 Å². The van der Waals surface area contributed by atoms with Crippen molar-refractivity contribution >= 4 is 11.6 Å². The molecule has 0 bridgehead atoms. The fraction of sp³-hybridized carbons (Fsp3) is 0.250. The van der Waals surface area contributed by atoms with Gasteiger partial charge in [-0.2, -0.15) is 13.2 Å². The lowest BCUT2D eigenvalue weighted by molar-refractivity contribution is -0.207. The van der Waals surface area contributed by atoms with E-state index in [1.807, 2.05) is 0 Å². The van der Waals surface area contributed by atoms with Crippen LogP contribution in [0.25, 0.3) is 0 Å². The fourth-order valence-corrected chi connectivity index (χ4v) is 1.20. The first kappa shape index (κ1) is 11.3. The molecule has 6 heteroatoms. The molecule has 1 aromatic carbocycles. The number of hydrogen-bond donors (Lipinski definition) is 1. The summed E-state index contributed by atoms with van der Waals surface area (Å²) in [4.78, 5) is 0. The van der Waals surface area contributed by atoms with Gasteiger partial charge in [-0.3, -0.25) is 0 Å². The molecule has 0 aromatic heterocycles. The Bertz CT molecular complexity index is 316. The van der Waals surface area contributed by atoms with Crippen LogP contribution in [0.5, 0.6) is 0 Å². The molecule has 0 fully saturated rings. The molecule has 78 valence electrons. The second-order valence-electron chi connectivity index (χ2n) is 2.58. The van der Waals surface area contributed by atoms with Crippen molar-refractivity contribution in [3.8, 4) is 0 Å². The predicted molar refractivity (Wildman–Crippen MR) is 42.4 cm³/mol. The van der Waals surface area contributed by atoms with E-state index < -0.39 is 28.7 Å². The Balaban J connectivity index is 3.19. The van der Waals surface area contributed by atoms with Gasteiger partial charge in [-0.05, 0) is 12.1 Å². The third-order valence-electron chi connectivity index (χ3n) is 1.58. The molecule has 0 heterocycles. The zero-order chi connectivity index (χ0) is 10.9. The molecular formula is C8H5ClF4O. The Morgan fingerprint density at radius 2 is 1.86 bits per heavy atom. The lowest BCUT2D eigenvalue weighted by atomic mass is 10.1. The first-order valence-electron chi connectivity index (χ1n) is 3.52. The van der Waals surface area contributed by atoms with Crippen molar-refractivity contribution in [2.24, 2.45) is 0 Å². The van der Waals surface area contributed by atoms with E-state index in [1.165, 1.54) is 0 Å². The maximum atomic E-state index is 12.9. The van der Waals surface area contributed by atoms with E-state index in [9.17, 15) is 17.6 Å². The monoisotopic (exact) mass is 228 g/mol. The van der Waals surface area contributed by atoms with Crippen LogP contribution in [0, 0.1) is 5.82 Å². The van der Waals surface area contributed by atoms with Crippen LogP contribution in [-0.4, -0.2) is 11.3 Å². The van der Waals surface area contributed by atoms with E-state index in [0.717, 1.165) is 18.2 Å². The van der Waals surface area contributed by atoms with Gasteiger partial charge in [-0.1, -0.05) is 17.7 Å². The molecule has 0 radical (unpaired) electrons. The van der Waals surface area contributed by atoms with E-state index in [0.29, 0.717) is 0 Å². The minimum Gasteiger partial charge on any atom is -0.379 e. The molecule has 1 aromatic rings. The average Bonchev–Trinajstić information content (AvgIpc) is 2.01. The van der Waals surface area contributed by atoms with Gasteiger partial charge in [-0.15, -0.1) is 0 Å². The summed E-state index contributed by atoms with van der Waals surface area (Å²) < 4.78 is 48.9. The van der Waals surface area contributed by atoms with E-state index in [1.54, 1.807) is 0 Å². The molecule has 1 nitrogen and oxygen atoms in total. The van der Waals surface area contributed by atoms with Crippen molar-refractivity contribution in [2.75, 3.05) is 0 Å². The standard InChI is InChI=1S/C8H5ClF4O/c9-4-2-1-3-5(10)6(4)7(14)8(11,12)13/h1-3,7,14H/t7-/m1/s1. The third kappa shape index (κ3) is 2.16. The normalized spacial score (nSPS) is 14.1. The average molecular weight is 229 g/mol. The summed E-state index contributed by atoms with van der Waals surface area (Å²) in [7, 11) is 0. The van der Waals surface area contributed by atoms with Crippen molar-refractivity contribution in [1.29, 1.82) is 0 Å². The van der Waals surface area contributed by atoms with Crippen LogP contribution in [-0.2, 0) is 0 Å². The SMILES string of the molecule is O[C@H](c1c(F)cccc1Cl)C(F)(F)F. The third-order valence-corrected chi connectivity index (χ3v) is 1.91. The van der Waals surface area contributed by atoms with Crippen LogP contribution in [0.2, 0.25) is 5.02 Å². The van der Waals surface area contributed by atoms with Crippen LogP contribution in [0.15, 0.2) is 18.2 Å². The summed E-state index contributed by atoms with van der Waals surface area (Å²) in [6, 6.07) is 3.04. The van der Waals surface area contributed by atoms with Crippen LogP contribution in [0.4, 0.5) is 17.6 Å². The van der Waals surface area contributed by atoms with Gasteiger partial charge in [-0.25, -0.2) is 4.39 Å². The van der Waals surface area contributed by atoms with Gasteiger partial charge < -0.3 is 5.11 Å². The molecule has 0 aliphatic heterocycles. The van der Waals surface area contributed by atoms with Gasteiger partial charge in [0.2, 0.25) is 0 Å². The number of aliphatic hydroxyl groups excluding tert-OH is 1. The van der Waals surface area contributed by atoms with Gasteiger partial charge in [0, 0.05) is 10.6 Å². The van der Waals surface area contributed by atoms with Crippen LogP contribution in [0.3, 0.4) is 0 Å². The minimum atomic E-state index is -4.92. The fourth-order valence-electron chi connectivity index (χ4n) is 0.936. The Morgan fingerprint density at radius 1 is 1.29 bits per heavy atom. The van der Waals surface area contributed by atoms with Crippen LogP contribution in [0.1, 0.15) is 11.7 Å². The molecule has 0 aliphatic carbocycles. The molecule has 0 amide bonds. The van der Waals surface area contributed by atoms with Crippen molar-refractivity contribution in [1.82, 2.24) is 0 Å². The van der Waals surface area contributed by atoms with Gasteiger partial charge >= 0.3 is 6.18 Å². The van der Waals surface area contributed by atoms with Crippen molar-refractivity contribution in [3.05, 3.63) is 34.6 Å². The van der Waals surface area contributed by atoms with Crippen molar-refractivity contribution < 1.29 is 22.7 Å². The smallest absolute Gasteiger partial charge is 0.379 e. The predicted octanol–water partition coefficient (Wildman–Crippen LogP) is 3.07. The molecule has 0 aliphatic rings. The van der Waals surface area contributed by atoms with E-state index in [-0.39, 0.29) is 0 Å². The van der Waals surface area contributed by atoms with Gasteiger partial charge in [0.05, 0.1) is 0 Å². The number of hydrogen-bond acceptors (Lipinski definition) is 1. The molecule has 0 spiro atoms. The molecule has 1 atom stereocenters. The highest BCUT2D eigenvalue weighted by Crippen LogP contribution is 2.37. The maximum Gasteiger partial charge on any atom is 0.418 e. The van der Waals surface area contributed by atoms with Gasteiger partial charge in [0.1, 0.15) is 5.82 Å². The Kier molecular flexibility index (Phi) is 3.01. The lowest BCUT2D eigenvalue weighted by Gasteiger charge is -2.16. The zero-order valence-corrected chi connectivity index (χ0v) is 7.40. The second-order valence-corrected chi connectivity index (χ2v) is 2.99. The lowest BCUT2D eigenvalue weighted by Crippen LogP contribution is -2.21. The highest BCUT2D eigenvalue weighted by Gasteiger charge is 2.41. The molecule has 14 heavy (non-hydrogen) atoms. The van der Waals surface area contributed by atoms with E-state index >= 15 is 0 Å². The zero-order valence-electron chi connectivity index (χ0n) is 6.65. The topological polar surface area (TPSA) is 20.2 Å². The number of alkyl halides is 3. The molecular weight excluding hydrogens is 224 g/mol. The highest BCUT2D eigenvalue weighted by molar-refractivity contribution is 6.31. The Labute approximate surface area is 81.9 Å². The van der Waals surface area contributed by atoms with Crippen LogP contribution >= 0.6 is 11.6 Å². The summed E-state index contributed by atoms with van der Waals surface area (Å²) in [5.41, 5.74) is -0.943. The molecule has 1 N–H and O–H groups in total. The summed E-state index contributed by atoms with van der Waals surface area (Å²) in [5.74, 6) is -1.18. The maximum absolute atomic E-state index is 12.9. The molecule has 1 rings (SSSR count). The number of rotatable bonds is 1. The largest absolute Gasteiger partial charge is 0.418 e. The summed E-state index contributed by atoms with van der Waals surface area (Å²) in [5, 5.41) is 8.32. The second kappa shape index (κ2) is 3.74. The first-order chi connectivity index (χ1) is 6.34. The molecule has 0 saturated carbocycles. The van der Waals surface area contributed by atoms with Crippen molar-refractivity contribution in [3.63, 3.8) is 0 Å². The van der Waals surface area contributed by atoms with Crippen LogP contribution < -0.4 is 0 Å². The first-order valence-corrected chi connectivity index (χ1v) is 3.90. The molecule has 0 unspecified atom stereocenters. The minimum absolute atomic E-state index is 0.449. The quantitative estimate of drug-likeness (QED) is 0.733. The van der Waals surface area contributed by atoms with Gasteiger partial charge in [0.15, 0.2) is 6.10 Å². The summed E-state index contributed by atoms with van der Waals surface area (Å²) in [6.07, 6.45) is -7.82. The van der Waals surface area contributed by atoms with E-state index in [4.69, 9.17) is 16.7 Å². The number of halogens is 5. The van der Waals surface area contributed by atoms with Crippen molar-refractivity contribution in [2.45, 2.75) is 12.3 Å². The van der Waals surface area contributed by atoms with E-state index in [2.05, 4.69) is 0 Å². The number of benzene rings is 1. The summed E-state index contributed by atoms with van der Waals surface area (Å²) in [6.45, 7) is 0.